The fraction of sp³-hybridized carbons (Fsp3) is 0.467. The van der Waals surface area contributed by atoms with Crippen LogP contribution >= 0.6 is 0 Å². The van der Waals surface area contributed by atoms with Gasteiger partial charge in [0, 0.05) is 16.8 Å². The molecule has 1 atom stereocenters. The molecule has 2 aliphatic carbocycles. The van der Waals surface area contributed by atoms with Crippen LogP contribution in [-0.4, -0.2) is 27.7 Å². The van der Waals surface area contributed by atoms with Crippen molar-refractivity contribution < 1.29 is 15.0 Å². The first-order valence-corrected chi connectivity index (χ1v) is 6.80. The Balaban J connectivity index is 1.92. The van der Waals surface area contributed by atoms with Gasteiger partial charge in [0.15, 0.2) is 17.3 Å². The minimum Gasteiger partial charge on any atom is -0.504 e. The molecule has 3 rings (SSSR count). The second-order valence-electron chi connectivity index (χ2n) is 5.28. The van der Waals surface area contributed by atoms with Gasteiger partial charge in [-0.2, -0.15) is 0 Å². The molecule has 0 bridgehead atoms. The smallest absolute Gasteiger partial charge is 0.187 e. The summed E-state index contributed by atoms with van der Waals surface area (Å²) < 4.78 is 0. The molecular formula is C15H17NO3. The Bertz CT molecular complexity index is 555. The fourth-order valence-corrected chi connectivity index (χ4v) is 2.96. The Labute approximate surface area is 111 Å². The summed E-state index contributed by atoms with van der Waals surface area (Å²) in [7, 11) is 0. The van der Waals surface area contributed by atoms with Gasteiger partial charge < -0.3 is 10.2 Å². The number of fused-ring (bicyclic) bond motifs is 1. The molecule has 4 nitrogen and oxygen atoms in total. The van der Waals surface area contributed by atoms with Gasteiger partial charge in [0.05, 0.1) is 0 Å². The summed E-state index contributed by atoms with van der Waals surface area (Å²) in [5.74, 6) is -0.346. The van der Waals surface area contributed by atoms with Crippen molar-refractivity contribution in [3.8, 4) is 11.5 Å². The van der Waals surface area contributed by atoms with Crippen LogP contribution in [0.5, 0.6) is 11.5 Å². The maximum absolute atomic E-state index is 12.4. The Hall–Kier alpha value is -1.84. The summed E-state index contributed by atoms with van der Waals surface area (Å²) in [6.07, 6.45) is 5.57. The lowest BCUT2D eigenvalue weighted by Gasteiger charge is -2.22. The van der Waals surface area contributed by atoms with Gasteiger partial charge in [0.2, 0.25) is 0 Å². The molecule has 1 aromatic rings. The summed E-state index contributed by atoms with van der Waals surface area (Å²) >= 11 is 0. The van der Waals surface area contributed by atoms with Crippen LogP contribution in [-0.2, 0) is 6.42 Å². The number of hydrogen-bond donors (Lipinski definition) is 2. The van der Waals surface area contributed by atoms with Crippen molar-refractivity contribution in [1.82, 2.24) is 0 Å². The first kappa shape index (κ1) is 12.2. The van der Waals surface area contributed by atoms with Gasteiger partial charge in [-0.3, -0.25) is 9.79 Å². The van der Waals surface area contributed by atoms with Crippen LogP contribution in [0.15, 0.2) is 17.1 Å². The second kappa shape index (κ2) is 4.68. The van der Waals surface area contributed by atoms with E-state index in [9.17, 15) is 15.0 Å². The molecule has 0 radical (unpaired) electrons. The highest BCUT2D eigenvalue weighted by Gasteiger charge is 2.30. The van der Waals surface area contributed by atoms with Gasteiger partial charge in [-0.1, -0.05) is 0 Å². The highest BCUT2D eigenvalue weighted by molar-refractivity contribution is 6.04. The third-order valence-corrected chi connectivity index (χ3v) is 4.02. The van der Waals surface area contributed by atoms with E-state index in [1.807, 2.05) is 0 Å². The molecule has 1 aromatic carbocycles. The second-order valence-corrected chi connectivity index (χ2v) is 5.28. The molecule has 1 unspecified atom stereocenters. The predicted octanol–water partition coefficient (Wildman–Crippen LogP) is 2.61. The Morgan fingerprint density at radius 2 is 1.84 bits per heavy atom. The number of rotatable bonds is 1. The lowest BCUT2D eigenvalue weighted by Crippen LogP contribution is -2.27. The van der Waals surface area contributed by atoms with Gasteiger partial charge in [0.1, 0.15) is 6.04 Å². The average Bonchev–Trinajstić information content (AvgIpc) is 2.90. The van der Waals surface area contributed by atoms with Crippen LogP contribution in [0, 0.1) is 0 Å². The van der Waals surface area contributed by atoms with Crippen LogP contribution in [0.2, 0.25) is 0 Å². The van der Waals surface area contributed by atoms with E-state index < -0.39 is 0 Å². The first-order chi connectivity index (χ1) is 9.16. The molecule has 0 heterocycles. The monoisotopic (exact) mass is 259 g/mol. The number of hydrogen-bond acceptors (Lipinski definition) is 4. The minimum absolute atomic E-state index is 0.0315. The number of phenols is 2. The zero-order valence-corrected chi connectivity index (χ0v) is 10.7. The lowest BCUT2D eigenvalue weighted by molar-refractivity contribution is 0.0948. The van der Waals surface area contributed by atoms with Gasteiger partial charge in [-0.05, 0) is 50.7 Å². The average molecular weight is 259 g/mol. The topological polar surface area (TPSA) is 69.9 Å². The van der Waals surface area contributed by atoms with E-state index >= 15 is 0 Å². The van der Waals surface area contributed by atoms with E-state index in [0.29, 0.717) is 24.0 Å². The normalized spacial score (nSPS) is 22.4. The number of Topliss-reactive ketones (excluding diaryl/α,β-unsaturated/α-hetero) is 1. The van der Waals surface area contributed by atoms with Crippen molar-refractivity contribution in [3.05, 3.63) is 23.3 Å². The van der Waals surface area contributed by atoms with Gasteiger partial charge in [-0.25, -0.2) is 0 Å². The fourth-order valence-electron chi connectivity index (χ4n) is 2.96. The number of nitrogens with zero attached hydrogens (tertiary/aromatic N) is 1. The zero-order valence-electron chi connectivity index (χ0n) is 10.7. The summed E-state index contributed by atoms with van der Waals surface area (Å²) in [5.41, 5.74) is 2.23. The van der Waals surface area contributed by atoms with Crippen molar-refractivity contribution in [2.45, 2.75) is 44.6 Å². The largest absolute Gasteiger partial charge is 0.504 e. The molecule has 0 aliphatic heterocycles. The number of carbonyl (C=O) groups excluding carboxylic acids is 1. The number of aliphatic imine (C=N–C) groups is 1. The Morgan fingerprint density at radius 1 is 1.11 bits per heavy atom. The van der Waals surface area contributed by atoms with E-state index in [-0.39, 0.29) is 23.3 Å². The number of aromatic hydroxyl groups is 2. The van der Waals surface area contributed by atoms with E-state index in [1.165, 1.54) is 18.9 Å². The summed E-state index contributed by atoms with van der Waals surface area (Å²) in [5, 5.41) is 19.3. The first-order valence-electron chi connectivity index (χ1n) is 6.80. The number of benzene rings is 1. The molecule has 100 valence electrons. The molecule has 0 spiro atoms. The Kier molecular flexibility index (Phi) is 3.01. The van der Waals surface area contributed by atoms with E-state index in [0.717, 1.165) is 18.6 Å². The molecule has 1 fully saturated rings. The van der Waals surface area contributed by atoms with Crippen molar-refractivity contribution in [3.63, 3.8) is 0 Å². The van der Waals surface area contributed by atoms with Gasteiger partial charge >= 0.3 is 0 Å². The molecular weight excluding hydrogens is 242 g/mol. The summed E-state index contributed by atoms with van der Waals surface area (Å²) in [4.78, 5) is 17.0. The standard InChI is InChI=1S/C15H17NO3/c17-13-8-6-10-11(15(13)19)5-7-12(14(10)18)16-9-3-1-2-4-9/h6,8,12,17,19H,1-5,7H2. The summed E-state index contributed by atoms with van der Waals surface area (Å²) in [6.45, 7) is 0. The highest BCUT2D eigenvalue weighted by atomic mass is 16.3. The molecule has 2 N–H and O–H groups in total. The highest BCUT2D eigenvalue weighted by Crippen LogP contribution is 2.36. The van der Waals surface area contributed by atoms with Crippen molar-refractivity contribution in [2.75, 3.05) is 0 Å². The lowest BCUT2D eigenvalue weighted by atomic mass is 9.86. The number of phenolic OH excluding ortho intramolecular Hbond substituents is 2. The quantitative estimate of drug-likeness (QED) is 0.762. The SMILES string of the molecule is O=C1c2ccc(O)c(O)c2CCC1N=C1CCCC1. The van der Waals surface area contributed by atoms with Gasteiger partial charge in [0.25, 0.3) is 0 Å². The Morgan fingerprint density at radius 3 is 2.58 bits per heavy atom. The zero-order chi connectivity index (χ0) is 13.4. The van der Waals surface area contributed by atoms with Crippen LogP contribution in [0.4, 0.5) is 0 Å². The number of ketones is 1. The minimum atomic E-state index is -0.301. The van der Waals surface area contributed by atoms with Crippen LogP contribution < -0.4 is 0 Å². The summed E-state index contributed by atoms with van der Waals surface area (Å²) in [6, 6.07) is 2.66. The van der Waals surface area contributed by atoms with Crippen molar-refractivity contribution in [1.29, 1.82) is 0 Å². The van der Waals surface area contributed by atoms with Crippen LogP contribution in [0.25, 0.3) is 0 Å². The maximum atomic E-state index is 12.4. The molecule has 2 aliphatic rings. The van der Waals surface area contributed by atoms with Gasteiger partial charge in [-0.15, -0.1) is 0 Å². The van der Waals surface area contributed by atoms with Crippen LogP contribution in [0.3, 0.4) is 0 Å². The number of carbonyl (C=O) groups is 1. The maximum Gasteiger partial charge on any atom is 0.187 e. The van der Waals surface area contributed by atoms with Crippen molar-refractivity contribution in [2.24, 2.45) is 4.99 Å². The van der Waals surface area contributed by atoms with Crippen LogP contribution in [0.1, 0.15) is 48.0 Å². The van der Waals surface area contributed by atoms with E-state index in [1.54, 1.807) is 6.07 Å². The van der Waals surface area contributed by atoms with E-state index in [4.69, 9.17) is 0 Å². The molecule has 4 heteroatoms. The molecule has 0 aromatic heterocycles. The molecule has 0 amide bonds. The third-order valence-electron chi connectivity index (χ3n) is 4.02. The molecule has 19 heavy (non-hydrogen) atoms. The third kappa shape index (κ3) is 2.11. The molecule has 0 saturated heterocycles. The van der Waals surface area contributed by atoms with E-state index in [2.05, 4.69) is 4.99 Å². The molecule has 1 saturated carbocycles. The van der Waals surface area contributed by atoms with Crippen molar-refractivity contribution >= 4 is 11.5 Å². The predicted molar refractivity (Wildman–Crippen MR) is 72.1 cm³/mol.